The molecule has 0 aromatic rings. The van der Waals surface area contributed by atoms with Gasteiger partial charge in [0.2, 0.25) is 5.91 Å². The molecule has 0 saturated carbocycles. The van der Waals surface area contributed by atoms with Gasteiger partial charge in [-0.15, -0.1) is 0 Å². The molecule has 0 heterocycles. The third kappa shape index (κ3) is 10.5. The van der Waals surface area contributed by atoms with Gasteiger partial charge in [0.1, 0.15) is 11.6 Å². The van der Waals surface area contributed by atoms with Crippen molar-refractivity contribution in [3.05, 3.63) is 0 Å². The molecule has 0 radical (unpaired) electrons. The number of unbranched alkanes of at least 4 members (excludes halogenated alkanes) is 4. The Morgan fingerprint density at radius 2 is 1.68 bits per heavy atom. The minimum absolute atomic E-state index is 0.0742. The summed E-state index contributed by atoms with van der Waals surface area (Å²) in [6.45, 7) is 9.26. The second-order valence-corrected chi connectivity index (χ2v) is 5.99. The third-order valence-electron chi connectivity index (χ3n) is 2.65. The summed E-state index contributed by atoms with van der Waals surface area (Å²) >= 11 is 0. The molecule has 0 spiro atoms. The Morgan fingerprint density at radius 3 is 2.21 bits per heavy atom. The van der Waals surface area contributed by atoms with E-state index in [-0.39, 0.29) is 11.9 Å². The Balaban J connectivity index is 3.83. The summed E-state index contributed by atoms with van der Waals surface area (Å²) in [5.41, 5.74) is -0.518. The summed E-state index contributed by atoms with van der Waals surface area (Å²) < 4.78 is 5.20. The highest BCUT2D eigenvalue weighted by molar-refractivity contribution is 5.84. The maximum atomic E-state index is 11.7. The summed E-state index contributed by atoms with van der Waals surface area (Å²) in [4.78, 5) is 23.3. The van der Waals surface area contributed by atoms with E-state index in [1.165, 1.54) is 19.3 Å². The van der Waals surface area contributed by atoms with E-state index in [1.807, 2.05) is 20.8 Å². The van der Waals surface area contributed by atoms with Crippen molar-refractivity contribution in [2.45, 2.75) is 84.8 Å². The molecule has 0 aliphatic heterocycles. The minimum atomic E-state index is -0.581. The van der Waals surface area contributed by atoms with Crippen LogP contribution in [-0.2, 0) is 14.3 Å². The van der Waals surface area contributed by atoms with Crippen LogP contribution in [0.25, 0.3) is 0 Å². The monoisotopic (exact) mass is 271 g/mol. The Bertz CT molecular complexity index is 282. The molecule has 1 atom stereocenters. The normalized spacial score (nSPS) is 12.9. The largest absolute Gasteiger partial charge is 0.458 e. The van der Waals surface area contributed by atoms with Gasteiger partial charge in [-0.1, -0.05) is 32.6 Å². The first-order valence-electron chi connectivity index (χ1n) is 7.28. The Hall–Kier alpha value is -1.06. The molecular weight excluding hydrogens is 242 g/mol. The highest BCUT2D eigenvalue weighted by atomic mass is 16.6. The average molecular weight is 271 g/mol. The van der Waals surface area contributed by atoms with Crippen LogP contribution in [0.4, 0.5) is 0 Å². The summed E-state index contributed by atoms with van der Waals surface area (Å²) in [6.07, 6.45) is 6.02. The number of hydrogen-bond donors (Lipinski definition) is 1. The lowest BCUT2D eigenvalue weighted by atomic mass is 10.1. The minimum Gasteiger partial charge on any atom is -0.458 e. The maximum absolute atomic E-state index is 11.7. The molecule has 0 bridgehead atoms. The van der Waals surface area contributed by atoms with Gasteiger partial charge in [0.25, 0.3) is 0 Å². The van der Waals surface area contributed by atoms with E-state index >= 15 is 0 Å². The van der Waals surface area contributed by atoms with E-state index in [0.717, 1.165) is 12.8 Å². The predicted molar refractivity (Wildman–Crippen MR) is 76.8 cm³/mol. The number of ether oxygens (including phenoxy) is 1. The molecule has 0 aliphatic carbocycles. The summed E-state index contributed by atoms with van der Waals surface area (Å²) in [6, 6.07) is -0.581. The molecule has 112 valence electrons. The average Bonchev–Trinajstić information content (AvgIpc) is 2.26. The smallest absolute Gasteiger partial charge is 0.328 e. The molecule has 0 fully saturated rings. The van der Waals surface area contributed by atoms with Gasteiger partial charge in [-0.2, -0.15) is 0 Å². The second kappa shape index (κ2) is 8.94. The fourth-order valence-corrected chi connectivity index (χ4v) is 1.65. The highest BCUT2D eigenvalue weighted by Crippen LogP contribution is 2.09. The predicted octanol–water partition coefficient (Wildman–Crippen LogP) is 3.19. The van der Waals surface area contributed by atoms with E-state index in [9.17, 15) is 9.59 Å². The molecule has 0 aromatic heterocycles. The first-order valence-corrected chi connectivity index (χ1v) is 7.28. The van der Waals surface area contributed by atoms with E-state index < -0.39 is 11.6 Å². The van der Waals surface area contributed by atoms with Crippen LogP contribution >= 0.6 is 0 Å². The molecule has 1 amide bonds. The zero-order valence-corrected chi connectivity index (χ0v) is 13.0. The topological polar surface area (TPSA) is 55.4 Å². The maximum Gasteiger partial charge on any atom is 0.328 e. The zero-order valence-electron chi connectivity index (χ0n) is 13.0. The fraction of sp³-hybridized carbons (Fsp3) is 0.867. The van der Waals surface area contributed by atoms with Crippen LogP contribution in [0.15, 0.2) is 0 Å². The third-order valence-corrected chi connectivity index (χ3v) is 2.65. The van der Waals surface area contributed by atoms with Gasteiger partial charge < -0.3 is 10.1 Å². The SMILES string of the molecule is CCCCCCCC(=O)N[C@H](C)C(=O)OC(C)(C)C. The number of amides is 1. The van der Waals surface area contributed by atoms with Crippen molar-refractivity contribution >= 4 is 11.9 Å². The van der Waals surface area contributed by atoms with Crippen LogP contribution in [0, 0.1) is 0 Å². The Labute approximate surface area is 117 Å². The van der Waals surface area contributed by atoms with Crippen molar-refractivity contribution in [3.8, 4) is 0 Å². The number of nitrogens with one attached hydrogen (secondary N) is 1. The van der Waals surface area contributed by atoms with Gasteiger partial charge in [-0.3, -0.25) is 4.79 Å². The van der Waals surface area contributed by atoms with Gasteiger partial charge in [-0.25, -0.2) is 4.79 Å². The van der Waals surface area contributed by atoms with Gasteiger partial charge >= 0.3 is 5.97 Å². The molecule has 0 rings (SSSR count). The highest BCUT2D eigenvalue weighted by Gasteiger charge is 2.22. The van der Waals surface area contributed by atoms with Crippen LogP contribution in [0.2, 0.25) is 0 Å². The molecule has 0 aliphatic rings. The van der Waals surface area contributed by atoms with E-state index in [1.54, 1.807) is 6.92 Å². The zero-order chi connectivity index (χ0) is 14.9. The Morgan fingerprint density at radius 1 is 1.11 bits per heavy atom. The number of esters is 1. The lowest BCUT2D eigenvalue weighted by Crippen LogP contribution is -2.42. The quantitative estimate of drug-likeness (QED) is 0.545. The number of carbonyl (C=O) groups is 2. The molecule has 4 nitrogen and oxygen atoms in total. The number of carbonyl (C=O) groups excluding carboxylic acids is 2. The van der Waals surface area contributed by atoms with Crippen molar-refractivity contribution in [1.29, 1.82) is 0 Å². The number of rotatable bonds is 8. The van der Waals surface area contributed by atoms with Crippen LogP contribution in [-0.4, -0.2) is 23.5 Å². The van der Waals surface area contributed by atoms with Crippen LogP contribution in [0.5, 0.6) is 0 Å². The molecule has 0 aromatic carbocycles. The first kappa shape index (κ1) is 17.9. The summed E-state index contributed by atoms with van der Waals surface area (Å²) in [5.74, 6) is -0.457. The fourth-order valence-electron chi connectivity index (χ4n) is 1.65. The van der Waals surface area contributed by atoms with Crippen molar-refractivity contribution in [1.82, 2.24) is 5.32 Å². The molecule has 19 heavy (non-hydrogen) atoms. The summed E-state index contributed by atoms with van der Waals surface area (Å²) in [5, 5.41) is 2.68. The second-order valence-electron chi connectivity index (χ2n) is 5.99. The lowest BCUT2D eigenvalue weighted by molar-refractivity contribution is -0.158. The van der Waals surface area contributed by atoms with Gasteiger partial charge in [0.15, 0.2) is 0 Å². The lowest BCUT2D eigenvalue weighted by Gasteiger charge is -2.22. The van der Waals surface area contributed by atoms with Crippen molar-refractivity contribution in [2.24, 2.45) is 0 Å². The molecule has 0 saturated heterocycles. The first-order chi connectivity index (χ1) is 8.76. The number of hydrogen-bond acceptors (Lipinski definition) is 3. The molecule has 0 unspecified atom stereocenters. The Kier molecular flexibility index (Phi) is 8.44. The molecule has 4 heteroatoms. The van der Waals surface area contributed by atoms with Gasteiger partial charge in [0.05, 0.1) is 0 Å². The molecular formula is C15H29NO3. The van der Waals surface area contributed by atoms with Crippen LogP contribution < -0.4 is 5.32 Å². The van der Waals surface area contributed by atoms with Crippen LogP contribution in [0.1, 0.15) is 73.1 Å². The van der Waals surface area contributed by atoms with Crippen molar-refractivity contribution < 1.29 is 14.3 Å². The van der Waals surface area contributed by atoms with Crippen molar-refractivity contribution in [2.75, 3.05) is 0 Å². The van der Waals surface area contributed by atoms with Crippen LogP contribution in [0.3, 0.4) is 0 Å². The standard InChI is InChI=1S/C15H29NO3/c1-6-7-8-9-10-11-13(17)16-12(2)14(18)19-15(3,4)5/h12H,6-11H2,1-5H3,(H,16,17)/t12-/m1/s1. The van der Waals surface area contributed by atoms with Crippen molar-refractivity contribution in [3.63, 3.8) is 0 Å². The van der Waals surface area contributed by atoms with Gasteiger partial charge in [0, 0.05) is 6.42 Å². The molecule has 1 N–H and O–H groups in total. The van der Waals surface area contributed by atoms with E-state index in [4.69, 9.17) is 4.74 Å². The van der Waals surface area contributed by atoms with E-state index in [0.29, 0.717) is 6.42 Å². The summed E-state index contributed by atoms with van der Waals surface area (Å²) in [7, 11) is 0. The van der Waals surface area contributed by atoms with Gasteiger partial charge in [-0.05, 0) is 34.1 Å². The van der Waals surface area contributed by atoms with E-state index in [2.05, 4.69) is 12.2 Å².